The van der Waals surface area contributed by atoms with Crippen LogP contribution in [0.15, 0.2) is 59.3 Å². The lowest BCUT2D eigenvalue weighted by Crippen LogP contribution is -2.52. The molecule has 0 aliphatic carbocycles. The molecule has 6 nitrogen and oxygen atoms in total. The van der Waals surface area contributed by atoms with E-state index in [9.17, 15) is 9.90 Å². The predicted molar refractivity (Wildman–Crippen MR) is 129 cm³/mol. The van der Waals surface area contributed by atoms with Crippen LogP contribution in [0.1, 0.15) is 36.2 Å². The number of amides is 1. The Kier molecular flexibility index (Phi) is 5.06. The van der Waals surface area contributed by atoms with Crippen LogP contribution in [0.25, 0.3) is 10.9 Å². The Morgan fingerprint density at radius 1 is 1.31 bits per heavy atom. The largest absolute Gasteiger partial charge is 0.508 e. The topological polar surface area (TPSA) is 71.6 Å². The van der Waals surface area contributed by atoms with Crippen LogP contribution in [0.5, 0.6) is 5.75 Å². The van der Waals surface area contributed by atoms with Crippen molar-refractivity contribution in [2.45, 2.75) is 31.3 Å². The summed E-state index contributed by atoms with van der Waals surface area (Å²) >= 11 is 3.60. The predicted octanol–water partition coefficient (Wildman–Crippen LogP) is 4.27. The Hall–Kier alpha value is -2.77. The number of carbonyl (C=O) groups excluding carboxylic acids is 1. The van der Waals surface area contributed by atoms with E-state index in [-0.39, 0.29) is 17.7 Å². The fourth-order valence-corrected chi connectivity index (χ4v) is 5.67. The number of hydrogen-bond acceptors (Lipinski definition) is 4. The first-order valence-electron chi connectivity index (χ1n) is 10.9. The zero-order valence-electron chi connectivity index (χ0n) is 18.3. The summed E-state index contributed by atoms with van der Waals surface area (Å²) in [7, 11) is 1.92. The Morgan fingerprint density at radius 2 is 2.12 bits per heavy atom. The number of aromatic amines is 1. The number of rotatable bonds is 5. The normalized spacial score (nSPS) is 22.5. The molecule has 0 unspecified atom stereocenters. The van der Waals surface area contributed by atoms with Gasteiger partial charge in [-0.2, -0.15) is 0 Å². The number of phenolic OH excluding ortho intramolecular Hbond substituents is 1. The van der Waals surface area contributed by atoms with Crippen LogP contribution in [0.4, 0.5) is 0 Å². The van der Waals surface area contributed by atoms with Crippen LogP contribution in [0.2, 0.25) is 0 Å². The molecule has 3 aromatic rings. The van der Waals surface area contributed by atoms with Gasteiger partial charge in [-0.1, -0.05) is 34.6 Å². The summed E-state index contributed by atoms with van der Waals surface area (Å²) in [4.78, 5) is 21.4. The van der Waals surface area contributed by atoms with Gasteiger partial charge >= 0.3 is 0 Å². The zero-order valence-corrected chi connectivity index (χ0v) is 19.9. The van der Waals surface area contributed by atoms with Gasteiger partial charge in [-0.05, 0) is 68.4 Å². The summed E-state index contributed by atoms with van der Waals surface area (Å²) in [5, 5.41) is 14.5. The molecule has 0 spiro atoms. The molecular weight excluding hydrogens is 468 g/mol. The van der Waals surface area contributed by atoms with Crippen molar-refractivity contribution in [3.63, 3.8) is 0 Å². The van der Waals surface area contributed by atoms with Gasteiger partial charge in [0.25, 0.3) is 5.91 Å². The number of aromatic hydroxyl groups is 1. The van der Waals surface area contributed by atoms with Gasteiger partial charge in [0.2, 0.25) is 0 Å². The van der Waals surface area contributed by atoms with Crippen molar-refractivity contribution in [2.24, 2.45) is 0 Å². The van der Waals surface area contributed by atoms with Gasteiger partial charge in [-0.3, -0.25) is 9.69 Å². The van der Waals surface area contributed by atoms with E-state index in [1.807, 2.05) is 37.1 Å². The van der Waals surface area contributed by atoms with Gasteiger partial charge in [-0.15, -0.1) is 0 Å². The molecule has 32 heavy (non-hydrogen) atoms. The zero-order chi connectivity index (χ0) is 22.6. The fourth-order valence-electron chi connectivity index (χ4n) is 5.31. The van der Waals surface area contributed by atoms with Gasteiger partial charge in [0.1, 0.15) is 17.1 Å². The quantitative estimate of drug-likeness (QED) is 0.463. The maximum absolute atomic E-state index is 13.8. The van der Waals surface area contributed by atoms with Crippen LogP contribution < -0.4 is 5.32 Å². The van der Waals surface area contributed by atoms with Crippen molar-refractivity contribution in [3.05, 3.63) is 76.2 Å². The third-order valence-corrected chi connectivity index (χ3v) is 7.27. The minimum absolute atomic E-state index is 0.0822. The highest BCUT2D eigenvalue weighted by Gasteiger charge is 2.57. The smallest absolute Gasteiger partial charge is 0.254 e. The highest BCUT2D eigenvalue weighted by atomic mass is 79.9. The molecule has 1 aromatic heterocycles. The number of H-pyrrole nitrogens is 1. The monoisotopic (exact) mass is 494 g/mol. The summed E-state index contributed by atoms with van der Waals surface area (Å²) in [6.07, 6.45) is 1.44. The van der Waals surface area contributed by atoms with Gasteiger partial charge in [0.15, 0.2) is 0 Å². The van der Waals surface area contributed by atoms with E-state index in [2.05, 4.69) is 49.8 Å². The molecule has 2 aliphatic rings. The Morgan fingerprint density at radius 3 is 2.88 bits per heavy atom. The maximum Gasteiger partial charge on any atom is 0.254 e. The number of nitrogens with zero attached hydrogens (tertiary/aromatic N) is 2. The summed E-state index contributed by atoms with van der Waals surface area (Å²) in [6, 6.07) is 13.2. The lowest BCUT2D eigenvalue weighted by Gasteiger charge is -2.44. The summed E-state index contributed by atoms with van der Waals surface area (Å²) in [5.74, 6) is 1.00. The first kappa shape index (κ1) is 21.1. The van der Waals surface area contributed by atoms with Gasteiger partial charge in [0.05, 0.1) is 6.04 Å². The van der Waals surface area contributed by atoms with E-state index in [1.54, 1.807) is 12.1 Å². The van der Waals surface area contributed by atoms with Crippen LogP contribution in [-0.2, 0) is 11.2 Å². The van der Waals surface area contributed by atoms with Gasteiger partial charge in [0, 0.05) is 34.0 Å². The molecule has 3 heterocycles. The molecule has 7 heteroatoms. The van der Waals surface area contributed by atoms with Crippen LogP contribution in [-0.4, -0.2) is 51.5 Å². The van der Waals surface area contributed by atoms with E-state index < -0.39 is 5.54 Å². The first-order valence-corrected chi connectivity index (χ1v) is 11.7. The molecule has 166 valence electrons. The Labute approximate surface area is 196 Å². The van der Waals surface area contributed by atoms with E-state index in [0.717, 1.165) is 45.2 Å². The molecule has 0 radical (unpaired) electrons. The van der Waals surface area contributed by atoms with Crippen molar-refractivity contribution in [3.8, 4) is 5.75 Å². The van der Waals surface area contributed by atoms with Crippen molar-refractivity contribution in [2.75, 3.05) is 20.1 Å². The van der Waals surface area contributed by atoms with E-state index in [0.29, 0.717) is 18.8 Å². The number of halogens is 1. The van der Waals surface area contributed by atoms with Gasteiger partial charge < -0.3 is 20.3 Å². The van der Waals surface area contributed by atoms with Crippen molar-refractivity contribution < 1.29 is 9.90 Å². The summed E-state index contributed by atoms with van der Waals surface area (Å²) in [5.41, 5.74) is 3.40. The number of fused-ring (bicyclic) bond motifs is 4. The summed E-state index contributed by atoms with van der Waals surface area (Å²) in [6.45, 7) is 7.84. The second-order valence-electron chi connectivity index (χ2n) is 8.86. The third kappa shape index (κ3) is 3.06. The molecule has 2 atom stereocenters. The van der Waals surface area contributed by atoms with Crippen molar-refractivity contribution >= 4 is 32.7 Å². The first-order chi connectivity index (χ1) is 15.3. The Balaban J connectivity index is 1.70. The van der Waals surface area contributed by atoms with Crippen LogP contribution in [0.3, 0.4) is 0 Å². The maximum atomic E-state index is 13.8. The van der Waals surface area contributed by atoms with Gasteiger partial charge in [-0.25, -0.2) is 0 Å². The highest BCUT2D eigenvalue weighted by molar-refractivity contribution is 9.10. The molecule has 2 aliphatic heterocycles. The fraction of sp³-hybridized carbons (Fsp3) is 0.320. The number of phenols is 1. The lowest BCUT2D eigenvalue weighted by atomic mass is 9.81. The standard InChI is InChI=1S/C25H27BrN4O2/c1-15-29(11-5-10-27-3)24(32)25(2)14-20-19-13-17(26)8-9-21(19)28-22(20)23(30(15)25)16-6-4-7-18(31)12-16/h4,6-9,12-13,23,27-28,31H,1,5,10-11,14H2,2-3H3/t23-,25+/m1/s1. The van der Waals surface area contributed by atoms with Crippen LogP contribution in [0, 0.1) is 0 Å². The highest BCUT2D eigenvalue weighted by Crippen LogP contribution is 2.51. The average molecular weight is 495 g/mol. The lowest BCUT2D eigenvalue weighted by molar-refractivity contribution is -0.133. The van der Waals surface area contributed by atoms with E-state index >= 15 is 0 Å². The Bertz CT molecular complexity index is 1240. The molecule has 1 amide bonds. The molecule has 0 bridgehead atoms. The average Bonchev–Trinajstić information content (AvgIpc) is 3.20. The minimum Gasteiger partial charge on any atom is -0.508 e. The number of hydrogen-bond donors (Lipinski definition) is 3. The number of aromatic nitrogens is 1. The minimum atomic E-state index is -0.753. The second-order valence-corrected chi connectivity index (χ2v) is 9.77. The third-order valence-electron chi connectivity index (χ3n) is 6.78. The van der Waals surface area contributed by atoms with E-state index in [4.69, 9.17) is 0 Å². The molecular formula is C25H27BrN4O2. The van der Waals surface area contributed by atoms with Crippen LogP contribution >= 0.6 is 15.9 Å². The number of carbonyl (C=O) groups is 1. The second kappa shape index (κ2) is 7.67. The molecule has 1 saturated heterocycles. The SMILES string of the molecule is C=C1N(CCCNC)C(=O)[C@]2(C)Cc3c([nH]c4ccc(Br)cc34)[C@@H](c3cccc(O)c3)N12. The van der Waals surface area contributed by atoms with E-state index in [1.165, 1.54) is 0 Å². The van der Waals surface area contributed by atoms with Crippen molar-refractivity contribution in [1.82, 2.24) is 20.1 Å². The van der Waals surface area contributed by atoms with Crippen molar-refractivity contribution in [1.29, 1.82) is 0 Å². The number of benzene rings is 2. The molecule has 2 aromatic carbocycles. The molecule has 3 N–H and O–H groups in total. The molecule has 0 saturated carbocycles. The molecule has 5 rings (SSSR count). The number of nitrogens with one attached hydrogen (secondary N) is 2. The summed E-state index contributed by atoms with van der Waals surface area (Å²) < 4.78 is 1.00. The molecule has 1 fully saturated rings.